The van der Waals surface area contributed by atoms with E-state index in [2.05, 4.69) is 0 Å². The number of fused-ring (bicyclic) bond motifs is 1. The average molecular weight is 206 g/mol. The molecule has 0 saturated heterocycles. The molecule has 2 rings (SSSR count). The van der Waals surface area contributed by atoms with Gasteiger partial charge < -0.3 is 4.74 Å². The van der Waals surface area contributed by atoms with Gasteiger partial charge >= 0.3 is 0 Å². The number of nitrogens with two attached hydrogens (primary N) is 1. The number of amides is 1. The average Bonchev–Trinajstić information content (AvgIpc) is 2.27. The van der Waals surface area contributed by atoms with Crippen LogP contribution < -0.4 is 10.6 Å². The smallest absolute Gasteiger partial charge is 0.267 e. The fourth-order valence-electron chi connectivity index (χ4n) is 1.70. The lowest BCUT2D eigenvalue weighted by molar-refractivity contribution is 0.0795. The minimum Gasteiger partial charge on any atom is -0.493 e. The Balaban J connectivity index is 2.32. The lowest BCUT2D eigenvalue weighted by atomic mass is 10.0. The maximum atomic E-state index is 11.6. The highest BCUT2D eigenvalue weighted by atomic mass is 16.5. The van der Waals surface area contributed by atoms with Crippen molar-refractivity contribution in [3.05, 3.63) is 29.3 Å². The Morgan fingerprint density at radius 1 is 1.53 bits per heavy atom. The van der Waals surface area contributed by atoms with Gasteiger partial charge in [-0.05, 0) is 36.6 Å². The fourth-order valence-corrected chi connectivity index (χ4v) is 1.70. The van der Waals surface area contributed by atoms with E-state index in [4.69, 9.17) is 10.6 Å². The first-order valence-electron chi connectivity index (χ1n) is 4.97. The number of aryl methyl sites for hydroxylation is 1. The third kappa shape index (κ3) is 1.94. The van der Waals surface area contributed by atoms with Gasteiger partial charge in [-0.25, -0.2) is 5.84 Å². The van der Waals surface area contributed by atoms with Crippen LogP contribution in [0.1, 0.15) is 22.3 Å². The molecule has 15 heavy (non-hydrogen) atoms. The van der Waals surface area contributed by atoms with Crippen molar-refractivity contribution in [2.75, 3.05) is 13.7 Å². The highest BCUT2D eigenvalue weighted by molar-refractivity contribution is 5.94. The summed E-state index contributed by atoms with van der Waals surface area (Å²) in [4.78, 5) is 11.6. The second-order valence-electron chi connectivity index (χ2n) is 3.69. The molecule has 0 radical (unpaired) electrons. The maximum Gasteiger partial charge on any atom is 0.267 e. The Morgan fingerprint density at radius 2 is 2.33 bits per heavy atom. The molecule has 0 aliphatic carbocycles. The van der Waals surface area contributed by atoms with E-state index in [1.807, 2.05) is 12.1 Å². The van der Waals surface area contributed by atoms with E-state index in [-0.39, 0.29) is 5.91 Å². The van der Waals surface area contributed by atoms with Gasteiger partial charge in [0.25, 0.3) is 5.91 Å². The summed E-state index contributed by atoms with van der Waals surface area (Å²) in [7, 11) is 1.54. The summed E-state index contributed by atoms with van der Waals surface area (Å²) in [6, 6.07) is 5.45. The van der Waals surface area contributed by atoms with Crippen molar-refractivity contribution in [1.29, 1.82) is 0 Å². The number of ether oxygens (including phenoxy) is 1. The molecule has 0 spiro atoms. The monoisotopic (exact) mass is 206 g/mol. The van der Waals surface area contributed by atoms with Gasteiger partial charge in [-0.3, -0.25) is 9.80 Å². The first-order valence-corrected chi connectivity index (χ1v) is 4.97. The van der Waals surface area contributed by atoms with E-state index in [0.29, 0.717) is 5.56 Å². The molecule has 80 valence electrons. The topological polar surface area (TPSA) is 55.6 Å². The number of rotatable bonds is 1. The highest BCUT2D eigenvalue weighted by Crippen LogP contribution is 2.25. The van der Waals surface area contributed by atoms with Crippen LogP contribution in [-0.2, 0) is 6.42 Å². The zero-order chi connectivity index (χ0) is 10.8. The normalized spacial score (nSPS) is 14.0. The van der Waals surface area contributed by atoms with Gasteiger partial charge in [0.05, 0.1) is 6.61 Å². The van der Waals surface area contributed by atoms with Crippen LogP contribution in [0.25, 0.3) is 0 Å². The second kappa shape index (κ2) is 3.90. The summed E-state index contributed by atoms with van der Waals surface area (Å²) in [5.74, 6) is 6.11. The van der Waals surface area contributed by atoms with Crippen LogP contribution in [0.5, 0.6) is 5.75 Å². The number of nitrogens with zero attached hydrogens (tertiary/aromatic N) is 1. The molecule has 0 unspecified atom stereocenters. The molecule has 1 aromatic rings. The van der Waals surface area contributed by atoms with Crippen LogP contribution in [0.2, 0.25) is 0 Å². The van der Waals surface area contributed by atoms with Crippen LogP contribution in [0.15, 0.2) is 18.2 Å². The molecule has 0 fully saturated rings. The molecule has 1 amide bonds. The minimum atomic E-state index is -0.177. The Bertz CT molecular complexity index is 388. The molecule has 4 nitrogen and oxygen atoms in total. The van der Waals surface area contributed by atoms with E-state index in [1.54, 1.807) is 6.07 Å². The number of hydrogen-bond acceptors (Lipinski definition) is 3. The lowest BCUT2D eigenvalue weighted by Crippen LogP contribution is -2.33. The molecule has 2 N–H and O–H groups in total. The van der Waals surface area contributed by atoms with Crippen LogP contribution in [0.3, 0.4) is 0 Å². The minimum absolute atomic E-state index is 0.177. The molecule has 0 saturated carbocycles. The number of benzene rings is 1. The summed E-state index contributed by atoms with van der Waals surface area (Å²) in [6.45, 7) is 0.761. The molecule has 0 bridgehead atoms. The third-order valence-corrected chi connectivity index (χ3v) is 2.48. The van der Waals surface area contributed by atoms with Crippen LogP contribution >= 0.6 is 0 Å². The van der Waals surface area contributed by atoms with Crippen molar-refractivity contribution < 1.29 is 9.53 Å². The van der Waals surface area contributed by atoms with E-state index >= 15 is 0 Å². The highest BCUT2D eigenvalue weighted by Gasteiger charge is 2.14. The Labute approximate surface area is 88.6 Å². The number of carbonyl (C=O) groups excluding carboxylic acids is 1. The first kappa shape index (κ1) is 9.98. The summed E-state index contributed by atoms with van der Waals surface area (Å²) in [5.41, 5.74) is 1.71. The van der Waals surface area contributed by atoms with E-state index in [1.165, 1.54) is 7.05 Å². The molecule has 0 aromatic heterocycles. The summed E-state index contributed by atoms with van der Waals surface area (Å²) in [5, 5.41) is 1.09. The van der Waals surface area contributed by atoms with Crippen molar-refractivity contribution in [2.45, 2.75) is 12.8 Å². The first-order chi connectivity index (χ1) is 7.18. The Hall–Kier alpha value is -1.55. The van der Waals surface area contributed by atoms with E-state index in [9.17, 15) is 4.79 Å². The lowest BCUT2D eigenvalue weighted by Gasteiger charge is -2.18. The molecule has 0 atom stereocenters. The van der Waals surface area contributed by atoms with E-state index < -0.39 is 0 Å². The molecular formula is C11H14N2O2. The van der Waals surface area contributed by atoms with Crippen molar-refractivity contribution in [2.24, 2.45) is 5.84 Å². The molecule has 1 aliphatic heterocycles. The summed E-state index contributed by atoms with van der Waals surface area (Å²) >= 11 is 0. The maximum absolute atomic E-state index is 11.6. The largest absolute Gasteiger partial charge is 0.493 e. The molecule has 4 heteroatoms. The Kier molecular flexibility index (Phi) is 2.60. The molecule has 1 heterocycles. The predicted molar refractivity (Wildman–Crippen MR) is 56.5 cm³/mol. The van der Waals surface area contributed by atoms with Crippen LogP contribution in [0.4, 0.5) is 0 Å². The van der Waals surface area contributed by atoms with Crippen LogP contribution in [-0.4, -0.2) is 24.6 Å². The van der Waals surface area contributed by atoms with Crippen molar-refractivity contribution in [3.8, 4) is 5.75 Å². The molecule has 1 aliphatic rings. The third-order valence-electron chi connectivity index (χ3n) is 2.48. The SMILES string of the molecule is CN(N)C(=O)c1ccc2c(c1)CCCO2. The molecule has 1 aromatic carbocycles. The van der Waals surface area contributed by atoms with Gasteiger partial charge in [0, 0.05) is 12.6 Å². The molecular weight excluding hydrogens is 192 g/mol. The van der Waals surface area contributed by atoms with Crippen molar-refractivity contribution >= 4 is 5.91 Å². The van der Waals surface area contributed by atoms with Crippen molar-refractivity contribution in [3.63, 3.8) is 0 Å². The number of hydrogen-bond donors (Lipinski definition) is 1. The van der Waals surface area contributed by atoms with Crippen molar-refractivity contribution in [1.82, 2.24) is 5.01 Å². The van der Waals surface area contributed by atoms with Gasteiger partial charge in [-0.2, -0.15) is 0 Å². The summed E-state index contributed by atoms with van der Waals surface area (Å²) < 4.78 is 5.46. The van der Waals surface area contributed by atoms with Gasteiger partial charge in [0.15, 0.2) is 0 Å². The van der Waals surface area contributed by atoms with E-state index in [0.717, 1.165) is 35.8 Å². The quantitative estimate of drug-likeness (QED) is 0.423. The summed E-state index contributed by atoms with van der Waals surface area (Å²) in [6.07, 6.45) is 1.97. The zero-order valence-electron chi connectivity index (χ0n) is 8.69. The van der Waals surface area contributed by atoms with Gasteiger partial charge in [-0.1, -0.05) is 0 Å². The van der Waals surface area contributed by atoms with Crippen LogP contribution in [0, 0.1) is 0 Å². The second-order valence-corrected chi connectivity index (χ2v) is 3.69. The standard InChI is InChI=1S/C11H14N2O2/c1-13(12)11(14)9-4-5-10-8(7-9)3-2-6-15-10/h4-5,7H,2-3,6,12H2,1H3. The number of hydrazine groups is 1. The van der Waals surface area contributed by atoms with Gasteiger partial charge in [-0.15, -0.1) is 0 Å². The van der Waals surface area contributed by atoms with Gasteiger partial charge in [0.1, 0.15) is 5.75 Å². The fraction of sp³-hybridized carbons (Fsp3) is 0.364. The predicted octanol–water partition coefficient (Wildman–Crippen LogP) is 0.957. The number of carbonyl (C=O) groups is 1. The Morgan fingerprint density at radius 3 is 3.07 bits per heavy atom. The van der Waals surface area contributed by atoms with Gasteiger partial charge in [0.2, 0.25) is 0 Å². The zero-order valence-corrected chi connectivity index (χ0v) is 8.69.